The molecule has 0 radical (unpaired) electrons. The SMILES string of the molecule is CC[C@H]1C(C)=NN=Cc2c1cc(OC)c(OC)c2-c1ccc(OC)c(OC)c1. The summed E-state index contributed by atoms with van der Waals surface area (Å²) in [6.07, 6.45) is 2.70. The van der Waals surface area contributed by atoms with Crippen molar-refractivity contribution in [2.24, 2.45) is 10.2 Å². The van der Waals surface area contributed by atoms with Crippen LogP contribution in [0.1, 0.15) is 37.3 Å². The third kappa shape index (κ3) is 3.30. The van der Waals surface area contributed by atoms with Crippen LogP contribution in [0.15, 0.2) is 34.5 Å². The van der Waals surface area contributed by atoms with E-state index >= 15 is 0 Å². The fraction of sp³-hybridized carbons (Fsp3) is 0.364. The lowest BCUT2D eigenvalue weighted by atomic mass is 9.84. The molecule has 1 atom stereocenters. The second-order valence-corrected chi connectivity index (χ2v) is 6.51. The molecule has 2 aromatic carbocycles. The molecule has 0 unspecified atom stereocenters. The van der Waals surface area contributed by atoms with Gasteiger partial charge in [0.05, 0.1) is 34.7 Å². The van der Waals surface area contributed by atoms with Crippen molar-refractivity contribution in [2.75, 3.05) is 28.4 Å². The number of benzene rings is 2. The van der Waals surface area contributed by atoms with E-state index in [4.69, 9.17) is 18.9 Å². The van der Waals surface area contributed by atoms with E-state index in [0.717, 1.165) is 34.4 Å². The Hall–Kier alpha value is -3.02. The Bertz CT molecular complexity index is 935. The fourth-order valence-corrected chi connectivity index (χ4v) is 3.72. The Balaban J connectivity index is 2.36. The summed E-state index contributed by atoms with van der Waals surface area (Å²) in [5.41, 5.74) is 4.88. The Morgan fingerprint density at radius 1 is 0.893 bits per heavy atom. The number of ether oxygens (including phenoxy) is 4. The number of fused-ring (bicyclic) bond motifs is 1. The summed E-state index contributed by atoms with van der Waals surface area (Å²) in [6, 6.07) is 7.82. The Labute approximate surface area is 165 Å². The zero-order valence-corrected chi connectivity index (χ0v) is 17.2. The van der Waals surface area contributed by atoms with Crippen molar-refractivity contribution in [3.63, 3.8) is 0 Å². The maximum atomic E-state index is 5.76. The molecule has 1 aliphatic rings. The summed E-state index contributed by atoms with van der Waals surface area (Å²) in [7, 11) is 6.53. The molecule has 0 aliphatic carbocycles. The van der Waals surface area contributed by atoms with Crippen molar-refractivity contribution < 1.29 is 18.9 Å². The van der Waals surface area contributed by atoms with Crippen molar-refractivity contribution in [3.05, 3.63) is 35.4 Å². The molecule has 6 heteroatoms. The van der Waals surface area contributed by atoms with Crippen LogP contribution in [0.2, 0.25) is 0 Å². The summed E-state index contributed by atoms with van der Waals surface area (Å²) in [4.78, 5) is 0. The van der Waals surface area contributed by atoms with Crippen molar-refractivity contribution in [3.8, 4) is 34.1 Å². The van der Waals surface area contributed by atoms with Gasteiger partial charge in [-0.05, 0) is 42.7 Å². The highest BCUT2D eigenvalue weighted by Crippen LogP contribution is 2.46. The third-order valence-electron chi connectivity index (χ3n) is 5.10. The fourth-order valence-electron chi connectivity index (χ4n) is 3.72. The van der Waals surface area contributed by atoms with Gasteiger partial charge in [0.1, 0.15) is 0 Å². The van der Waals surface area contributed by atoms with E-state index in [-0.39, 0.29) is 5.92 Å². The molecule has 1 aliphatic heterocycles. The summed E-state index contributed by atoms with van der Waals surface area (Å²) < 4.78 is 22.3. The molecule has 0 N–H and O–H groups in total. The van der Waals surface area contributed by atoms with Crippen LogP contribution in [-0.2, 0) is 0 Å². The second kappa shape index (κ2) is 8.33. The van der Waals surface area contributed by atoms with Crippen LogP contribution in [0.4, 0.5) is 0 Å². The maximum absolute atomic E-state index is 5.76. The summed E-state index contributed by atoms with van der Waals surface area (Å²) >= 11 is 0. The standard InChI is InChI=1S/C22H26N2O4/c1-7-15-13(2)24-23-12-17-16(15)11-20(27-5)22(28-6)21(17)14-8-9-18(25-3)19(10-14)26-4/h8-12,15H,7H2,1-6H3/t15-/m0/s1. The topological polar surface area (TPSA) is 61.6 Å². The van der Waals surface area contributed by atoms with E-state index in [1.54, 1.807) is 34.7 Å². The largest absolute Gasteiger partial charge is 0.493 e. The first-order chi connectivity index (χ1) is 13.6. The predicted octanol–water partition coefficient (Wildman–Crippen LogP) is 4.69. The monoisotopic (exact) mass is 382 g/mol. The van der Waals surface area contributed by atoms with Gasteiger partial charge in [0, 0.05) is 22.8 Å². The first-order valence-electron chi connectivity index (χ1n) is 9.18. The number of rotatable bonds is 6. The smallest absolute Gasteiger partial charge is 0.169 e. The van der Waals surface area contributed by atoms with Crippen LogP contribution >= 0.6 is 0 Å². The highest BCUT2D eigenvalue weighted by molar-refractivity contribution is 6.01. The average Bonchev–Trinajstić information content (AvgIpc) is 2.89. The Morgan fingerprint density at radius 2 is 1.61 bits per heavy atom. The predicted molar refractivity (Wildman–Crippen MR) is 112 cm³/mol. The molecule has 0 spiro atoms. The molecule has 148 valence electrons. The van der Waals surface area contributed by atoms with Gasteiger partial charge in [0.25, 0.3) is 0 Å². The minimum Gasteiger partial charge on any atom is -0.493 e. The van der Waals surface area contributed by atoms with Crippen LogP contribution in [0.5, 0.6) is 23.0 Å². The van der Waals surface area contributed by atoms with Crippen molar-refractivity contribution >= 4 is 11.9 Å². The van der Waals surface area contributed by atoms with E-state index < -0.39 is 0 Å². The zero-order chi connectivity index (χ0) is 20.3. The summed E-state index contributed by atoms with van der Waals surface area (Å²) in [5, 5.41) is 8.65. The summed E-state index contributed by atoms with van der Waals surface area (Å²) in [5.74, 6) is 2.78. The molecule has 0 fully saturated rings. The van der Waals surface area contributed by atoms with Crippen LogP contribution in [-0.4, -0.2) is 40.4 Å². The first kappa shape index (κ1) is 19.7. The number of nitrogens with zero attached hydrogens (tertiary/aromatic N) is 2. The molecular formula is C22H26N2O4. The molecule has 0 aromatic heterocycles. The molecular weight excluding hydrogens is 356 g/mol. The van der Waals surface area contributed by atoms with Gasteiger partial charge >= 0.3 is 0 Å². The van der Waals surface area contributed by atoms with E-state index in [1.165, 1.54) is 0 Å². The van der Waals surface area contributed by atoms with Gasteiger partial charge in [-0.3, -0.25) is 0 Å². The molecule has 0 saturated carbocycles. The van der Waals surface area contributed by atoms with Gasteiger partial charge in [-0.15, -0.1) is 0 Å². The highest BCUT2D eigenvalue weighted by atomic mass is 16.5. The number of hydrogen-bond acceptors (Lipinski definition) is 6. The van der Waals surface area contributed by atoms with E-state index in [9.17, 15) is 0 Å². The Kier molecular flexibility index (Phi) is 5.87. The average molecular weight is 382 g/mol. The molecule has 6 nitrogen and oxygen atoms in total. The lowest BCUT2D eigenvalue weighted by Gasteiger charge is -2.22. The molecule has 3 rings (SSSR count). The van der Waals surface area contributed by atoms with E-state index in [0.29, 0.717) is 23.0 Å². The van der Waals surface area contributed by atoms with Crippen LogP contribution in [0.25, 0.3) is 11.1 Å². The van der Waals surface area contributed by atoms with Crippen molar-refractivity contribution in [1.82, 2.24) is 0 Å². The number of methoxy groups -OCH3 is 4. The van der Waals surface area contributed by atoms with Crippen molar-refractivity contribution in [1.29, 1.82) is 0 Å². The second-order valence-electron chi connectivity index (χ2n) is 6.51. The van der Waals surface area contributed by atoms with Gasteiger partial charge < -0.3 is 18.9 Å². The molecule has 0 saturated heterocycles. The maximum Gasteiger partial charge on any atom is 0.169 e. The first-order valence-corrected chi connectivity index (χ1v) is 9.18. The van der Waals surface area contributed by atoms with Gasteiger partial charge in [0.15, 0.2) is 23.0 Å². The molecule has 2 aromatic rings. The zero-order valence-electron chi connectivity index (χ0n) is 17.2. The van der Waals surface area contributed by atoms with Crippen LogP contribution in [0.3, 0.4) is 0 Å². The summed E-state index contributed by atoms with van der Waals surface area (Å²) in [6.45, 7) is 4.15. The van der Waals surface area contributed by atoms with Crippen LogP contribution < -0.4 is 18.9 Å². The number of hydrogen-bond donors (Lipinski definition) is 0. The molecule has 0 bridgehead atoms. The quantitative estimate of drug-likeness (QED) is 0.727. The van der Waals surface area contributed by atoms with Gasteiger partial charge in [0.2, 0.25) is 0 Å². The lowest BCUT2D eigenvalue weighted by molar-refractivity contribution is 0.353. The molecule has 1 heterocycles. The van der Waals surface area contributed by atoms with Crippen LogP contribution in [0, 0.1) is 0 Å². The van der Waals surface area contributed by atoms with Crippen molar-refractivity contribution in [2.45, 2.75) is 26.2 Å². The van der Waals surface area contributed by atoms with E-state index in [2.05, 4.69) is 17.1 Å². The minimum atomic E-state index is 0.149. The Morgan fingerprint density at radius 3 is 2.21 bits per heavy atom. The van der Waals surface area contributed by atoms with Gasteiger partial charge in [-0.25, -0.2) is 0 Å². The third-order valence-corrected chi connectivity index (χ3v) is 5.10. The highest BCUT2D eigenvalue weighted by Gasteiger charge is 2.27. The molecule has 0 amide bonds. The van der Waals surface area contributed by atoms with E-state index in [1.807, 2.05) is 31.2 Å². The molecule has 28 heavy (non-hydrogen) atoms. The van der Waals surface area contributed by atoms with Gasteiger partial charge in [-0.2, -0.15) is 10.2 Å². The van der Waals surface area contributed by atoms with Gasteiger partial charge in [-0.1, -0.05) is 13.0 Å². The minimum absolute atomic E-state index is 0.149. The normalized spacial score (nSPS) is 15.4. The lowest BCUT2D eigenvalue weighted by Crippen LogP contribution is -2.11.